The summed E-state index contributed by atoms with van der Waals surface area (Å²) in [5.41, 5.74) is 9.93. The topological polar surface area (TPSA) is 38.7 Å². The van der Waals surface area contributed by atoms with Crippen molar-refractivity contribution in [3.63, 3.8) is 0 Å². The third-order valence-corrected chi connectivity index (χ3v) is 13.1. The number of benzene rings is 10. The maximum atomic E-state index is 5.38. The quantitative estimate of drug-likeness (QED) is 0.168. The van der Waals surface area contributed by atoms with Crippen molar-refractivity contribution < 1.29 is 0 Å². The molecule has 2 heterocycles. The molecule has 0 spiro atoms. The summed E-state index contributed by atoms with van der Waals surface area (Å²) in [7, 11) is 0. The molecule has 0 saturated heterocycles. The van der Waals surface area contributed by atoms with E-state index < -0.39 is 0 Å². The second-order valence-corrected chi connectivity index (χ2v) is 16.6. The van der Waals surface area contributed by atoms with Gasteiger partial charge in [-0.25, -0.2) is 15.0 Å². The molecule has 10 aromatic carbocycles. The minimum absolute atomic E-state index is 0.636. The molecular formula is C57H35N3S. The molecule has 0 aliphatic heterocycles. The van der Waals surface area contributed by atoms with Crippen molar-refractivity contribution in [1.29, 1.82) is 0 Å². The first kappa shape index (κ1) is 35.2. The van der Waals surface area contributed by atoms with Crippen LogP contribution in [0.3, 0.4) is 0 Å². The van der Waals surface area contributed by atoms with Crippen molar-refractivity contribution in [2.75, 3.05) is 0 Å². The lowest BCUT2D eigenvalue weighted by atomic mass is 9.94. The summed E-state index contributed by atoms with van der Waals surface area (Å²) >= 11 is 1.85. The number of hydrogen-bond acceptors (Lipinski definition) is 4. The van der Waals surface area contributed by atoms with Gasteiger partial charge in [-0.05, 0) is 96.0 Å². The number of nitrogens with zero attached hydrogens (tertiary/aromatic N) is 3. The highest BCUT2D eigenvalue weighted by atomic mass is 32.1. The second kappa shape index (κ2) is 14.5. The van der Waals surface area contributed by atoms with Gasteiger partial charge in [0.2, 0.25) is 0 Å². The molecule has 61 heavy (non-hydrogen) atoms. The smallest absolute Gasteiger partial charge is 0.164 e. The Morgan fingerprint density at radius 1 is 0.246 bits per heavy atom. The van der Waals surface area contributed by atoms with Crippen molar-refractivity contribution in [3.05, 3.63) is 212 Å². The first-order chi connectivity index (χ1) is 30.2. The number of thiophene rings is 1. The Bertz CT molecular complexity index is 3650. The van der Waals surface area contributed by atoms with Crippen LogP contribution < -0.4 is 0 Å². The zero-order valence-corrected chi connectivity index (χ0v) is 33.8. The lowest BCUT2D eigenvalue weighted by Crippen LogP contribution is -2.01. The van der Waals surface area contributed by atoms with Crippen LogP contribution in [0, 0.1) is 0 Å². The van der Waals surface area contributed by atoms with Crippen LogP contribution in [0.5, 0.6) is 0 Å². The molecular weight excluding hydrogens is 759 g/mol. The predicted octanol–water partition coefficient (Wildman–Crippen LogP) is 15.7. The zero-order valence-electron chi connectivity index (χ0n) is 33.0. The summed E-state index contributed by atoms with van der Waals surface area (Å²) < 4.78 is 2.59. The van der Waals surface area contributed by atoms with Crippen molar-refractivity contribution in [1.82, 2.24) is 15.0 Å². The third-order valence-electron chi connectivity index (χ3n) is 11.9. The Kier molecular flexibility index (Phi) is 8.36. The van der Waals surface area contributed by atoms with E-state index >= 15 is 0 Å². The summed E-state index contributed by atoms with van der Waals surface area (Å²) in [5.74, 6) is 1.91. The van der Waals surface area contributed by atoms with Crippen LogP contribution in [0.15, 0.2) is 212 Å². The Morgan fingerprint density at radius 2 is 0.754 bits per heavy atom. The molecule has 284 valence electrons. The van der Waals surface area contributed by atoms with Crippen LogP contribution in [0.2, 0.25) is 0 Å². The van der Waals surface area contributed by atoms with E-state index in [1.165, 1.54) is 48.0 Å². The van der Waals surface area contributed by atoms with E-state index in [1.54, 1.807) is 0 Å². The minimum Gasteiger partial charge on any atom is -0.208 e. The van der Waals surface area contributed by atoms with Gasteiger partial charge < -0.3 is 0 Å². The maximum absolute atomic E-state index is 5.38. The average Bonchev–Trinajstić information content (AvgIpc) is 3.71. The molecule has 0 radical (unpaired) electrons. The fraction of sp³-hybridized carbons (Fsp3) is 0. The van der Waals surface area contributed by atoms with Crippen molar-refractivity contribution in [3.8, 4) is 67.5 Å². The normalized spacial score (nSPS) is 11.6. The largest absolute Gasteiger partial charge is 0.208 e. The molecule has 0 fully saturated rings. The number of hydrogen-bond donors (Lipinski definition) is 0. The van der Waals surface area contributed by atoms with Gasteiger partial charge in [0.25, 0.3) is 0 Å². The second-order valence-electron chi connectivity index (χ2n) is 15.5. The number of aromatic nitrogens is 3. The highest BCUT2D eigenvalue weighted by molar-refractivity contribution is 7.25. The van der Waals surface area contributed by atoms with Crippen molar-refractivity contribution in [2.45, 2.75) is 0 Å². The standard InChI is InChI=1S/C57H35N3S/c1-3-13-36(14-4-1)39-27-29-44-41(33-39)18-12-22-49(44)55-58-56(50-23-11-17-38-25-26-40(34-52(38)50)37-15-5-2-6-16-37)60-57(59-55)51-32-31-43(45-19-7-8-20-46(45)51)42-28-30-48-47-21-9-10-24-53(47)61-54(48)35-42/h1-35H. The van der Waals surface area contributed by atoms with E-state index in [0.29, 0.717) is 17.5 Å². The zero-order chi connectivity index (χ0) is 40.3. The molecule has 4 heteroatoms. The van der Waals surface area contributed by atoms with Gasteiger partial charge >= 0.3 is 0 Å². The van der Waals surface area contributed by atoms with E-state index in [0.717, 1.165) is 54.6 Å². The minimum atomic E-state index is 0.636. The van der Waals surface area contributed by atoms with Gasteiger partial charge in [0, 0.05) is 36.9 Å². The molecule has 0 aliphatic carbocycles. The molecule has 0 amide bonds. The van der Waals surface area contributed by atoms with Crippen LogP contribution >= 0.6 is 11.3 Å². The highest BCUT2D eigenvalue weighted by Crippen LogP contribution is 2.41. The third kappa shape index (κ3) is 6.16. The Morgan fingerprint density at radius 3 is 1.48 bits per heavy atom. The molecule has 0 N–H and O–H groups in total. The van der Waals surface area contributed by atoms with E-state index in [2.05, 4.69) is 212 Å². The Balaban J connectivity index is 1.07. The highest BCUT2D eigenvalue weighted by Gasteiger charge is 2.19. The lowest BCUT2D eigenvalue weighted by Gasteiger charge is -2.15. The summed E-state index contributed by atoms with van der Waals surface area (Å²) in [6.07, 6.45) is 0. The van der Waals surface area contributed by atoms with E-state index in [1.807, 2.05) is 11.3 Å². The molecule has 2 aromatic heterocycles. The fourth-order valence-corrected chi connectivity index (χ4v) is 10.1. The number of rotatable bonds is 6. The Hall–Kier alpha value is -7.79. The average molecular weight is 794 g/mol. The lowest BCUT2D eigenvalue weighted by molar-refractivity contribution is 1.08. The Labute approximate surface area is 356 Å². The van der Waals surface area contributed by atoms with Gasteiger partial charge in [-0.1, -0.05) is 182 Å². The van der Waals surface area contributed by atoms with Gasteiger partial charge in [0.15, 0.2) is 17.5 Å². The predicted molar refractivity (Wildman–Crippen MR) is 258 cm³/mol. The summed E-state index contributed by atoms with van der Waals surface area (Å²) in [6.45, 7) is 0. The van der Waals surface area contributed by atoms with Gasteiger partial charge in [-0.15, -0.1) is 11.3 Å². The van der Waals surface area contributed by atoms with Crippen LogP contribution in [-0.2, 0) is 0 Å². The monoisotopic (exact) mass is 793 g/mol. The van der Waals surface area contributed by atoms with Crippen LogP contribution in [0.1, 0.15) is 0 Å². The summed E-state index contributed by atoms with van der Waals surface area (Å²) in [5, 5.41) is 9.29. The van der Waals surface area contributed by atoms with E-state index in [-0.39, 0.29) is 0 Å². The maximum Gasteiger partial charge on any atom is 0.164 e. The first-order valence-corrected chi connectivity index (χ1v) is 21.4. The molecule has 0 aliphatic rings. The summed E-state index contributed by atoms with van der Waals surface area (Å²) in [6, 6.07) is 75.8. The molecule has 0 atom stereocenters. The van der Waals surface area contributed by atoms with E-state index in [4.69, 9.17) is 15.0 Å². The molecule has 12 rings (SSSR count). The van der Waals surface area contributed by atoms with Crippen molar-refractivity contribution in [2.24, 2.45) is 0 Å². The van der Waals surface area contributed by atoms with Crippen molar-refractivity contribution >= 4 is 63.8 Å². The van der Waals surface area contributed by atoms with Crippen LogP contribution in [0.4, 0.5) is 0 Å². The molecule has 0 saturated carbocycles. The first-order valence-electron chi connectivity index (χ1n) is 20.6. The molecule has 3 nitrogen and oxygen atoms in total. The SMILES string of the molecule is c1ccc(-c2ccc3c(-c4nc(-c5cccc6ccc(-c7ccccc7)cc56)nc(-c5ccc(-c6ccc7c(c6)sc6ccccc67)c6ccccc56)n4)cccc3c2)cc1. The number of fused-ring (bicyclic) bond motifs is 6. The van der Waals surface area contributed by atoms with Crippen LogP contribution in [-0.4, -0.2) is 15.0 Å². The van der Waals surface area contributed by atoms with Crippen LogP contribution in [0.25, 0.3) is 120 Å². The summed E-state index contributed by atoms with van der Waals surface area (Å²) in [4.78, 5) is 16.1. The van der Waals surface area contributed by atoms with Gasteiger partial charge in [0.1, 0.15) is 0 Å². The molecule has 0 bridgehead atoms. The molecule has 0 unspecified atom stereocenters. The molecule has 12 aromatic rings. The fourth-order valence-electron chi connectivity index (χ4n) is 8.94. The van der Waals surface area contributed by atoms with E-state index in [9.17, 15) is 0 Å². The van der Waals surface area contributed by atoms with Gasteiger partial charge in [-0.2, -0.15) is 0 Å². The van der Waals surface area contributed by atoms with Gasteiger partial charge in [-0.3, -0.25) is 0 Å². The van der Waals surface area contributed by atoms with Gasteiger partial charge in [0.05, 0.1) is 0 Å².